The molecule has 146 valence electrons. The van der Waals surface area contributed by atoms with Gasteiger partial charge in [-0.1, -0.05) is 12.1 Å². The van der Waals surface area contributed by atoms with Gasteiger partial charge >= 0.3 is 5.97 Å². The molecule has 1 aliphatic heterocycles. The van der Waals surface area contributed by atoms with Crippen molar-refractivity contribution >= 4 is 23.5 Å². The first-order valence-corrected chi connectivity index (χ1v) is 9.55. The van der Waals surface area contributed by atoms with Gasteiger partial charge < -0.3 is 20.1 Å². The predicted octanol–water partition coefficient (Wildman–Crippen LogP) is 2.20. The third-order valence-corrected chi connectivity index (χ3v) is 5.37. The molecule has 0 spiro atoms. The van der Waals surface area contributed by atoms with Crippen LogP contribution in [-0.4, -0.2) is 42.1 Å². The molecule has 1 atom stereocenters. The highest BCUT2D eigenvalue weighted by atomic mass is 16.5. The summed E-state index contributed by atoms with van der Waals surface area (Å²) in [6.45, 7) is 2.72. The summed E-state index contributed by atoms with van der Waals surface area (Å²) < 4.78 is 5.60. The van der Waals surface area contributed by atoms with Crippen molar-refractivity contribution in [2.24, 2.45) is 11.8 Å². The number of nitrogens with zero attached hydrogens (tertiary/aromatic N) is 1. The molecular weight excluding hydrogens is 348 g/mol. The van der Waals surface area contributed by atoms with E-state index in [1.165, 1.54) is 0 Å². The zero-order valence-corrected chi connectivity index (χ0v) is 15.5. The van der Waals surface area contributed by atoms with E-state index in [-0.39, 0.29) is 30.2 Å². The molecule has 0 aromatic heterocycles. The monoisotopic (exact) mass is 374 g/mol. The highest BCUT2D eigenvalue weighted by molar-refractivity contribution is 6.01. The van der Waals surface area contributed by atoms with E-state index < -0.39 is 11.9 Å². The number of carbonyl (C=O) groups is 3. The number of hydrogen-bond donors (Lipinski definition) is 2. The molecule has 2 aliphatic rings. The van der Waals surface area contributed by atoms with Crippen molar-refractivity contribution in [2.75, 3.05) is 18.1 Å². The standard InChI is InChI=1S/C20H26N2O5/c1-2-27-17-6-4-3-5-16(17)22-12-14(11-18(22)23)19(24)21-15-9-7-13(8-10-15)20(25)26/h3-6,13-15H,2,7-12H2,1H3,(H,21,24)(H,25,26). The first-order valence-electron chi connectivity index (χ1n) is 9.55. The van der Waals surface area contributed by atoms with Crippen LogP contribution in [0, 0.1) is 11.8 Å². The van der Waals surface area contributed by atoms with Gasteiger partial charge in [0, 0.05) is 19.0 Å². The summed E-state index contributed by atoms with van der Waals surface area (Å²) in [5.41, 5.74) is 0.696. The summed E-state index contributed by atoms with van der Waals surface area (Å²) in [6, 6.07) is 7.34. The summed E-state index contributed by atoms with van der Waals surface area (Å²) >= 11 is 0. The molecule has 1 saturated carbocycles. The Bertz CT molecular complexity index is 712. The van der Waals surface area contributed by atoms with E-state index in [0.29, 0.717) is 50.3 Å². The molecule has 1 aromatic rings. The minimum atomic E-state index is -0.759. The van der Waals surface area contributed by atoms with Gasteiger partial charge in [0.25, 0.3) is 0 Å². The number of nitrogens with one attached hydrogen (secondary N) is 1. The lowest BCUT2D eigenvalue weighted by atomic mass is 9.86. The van der Waals surface area contributed by atoms with E-state index in [1.54, 1.807) is 4.90 Å². The summed E-state index contributed by atoms with van der Waals surface area (Å²) in [4.78, 5) is 37.8. The smallest absolute Gasteiger partial charge is 0.306 e. The zero-order valence-electron chi connectivity index (χ0n) is 15.5. The van der Waals surface area contributed by atoms with Gasteiger partial charge in [-0.2, -0.15) is 0 Å². The van der Waals surface area contributed by atoms with Crippen LogP contribution in [0.3, 0.4) is 0 Å². The van der Waals surface area contributed by atoms with Gasteiger partial charge in [-0.3, -0.25) is 14.4 Å². The number of aliphatic carboxylic acids is 1. The Morgan fingerprint density at radius 3 is 2.56 bits per heavy atom. The van der Waals surface area contributed by atoms with Crippen LogP contribution in [0.2, 0.25) is 0 Å². The molecule has 0 radical (unpaired) electrons. The summed E-state index contributed by atoms with van der Waals surface area (Å²) in [6.07, 6.45) is 2.67. The number of carboxylic acid groups (broad SMARTS) is 1. The van der Waals surface area contributed by atoms with Crippen LogP contribution in [0.15, 0.2) is 24.3 Å². The van der Waals surface area contributed by atoms with Gasteiger partial charge in [0.2, 0.25) is 11.8 Å². The van der Waals surface area contributed by atoms with E-state index in [2.05, 4.69) is 5.32 Å². The summed E-state index contributed by atoms with van der Waals surface area (Å²) in [7, 11) is 0. The molecule has 2 fully saturated rings. The average Bonchev–Trinajstić information content (AvgIpc) is 3.05. The number of benzene rings is 1. The summed E-state index contributed by atoms with van der Waals surface area (Å²) in [5, 5.41) is 12.1. The largest absolute Gasteiger partial charge is 0.492 e. The molecule has 27 heavy (non-hydrogen) atoms. The lowest BCUT2D eigenvalue weighted by Gasteiger charge is -2.27. The van der Waals surface area contributed by atoms with Gasteiger partial charge in [0.05, 0.1) is 24.1 Å². The molecular formula is C20H26N2O5. The Kier molecular flexibility index (Phi) is 5.98. The predicted molar refractivity (Wildman–Crippen MR) is 99.6 cm³/mol. The van der Waals surface area contributed by atoms with Crippen LogP contribution in [0.4, 0.5) is 5.69 Å². The molecule has 1 heterocycles. The fourth-order valence-electron chi connectivity index (χ4n) is 3.88. The molecule has 0 bridgehead atoms. The molecule has 3 rings (SSSR count). The van der Waals surface area contributed by atoms with E-state index >= 15 is 0 Å². The maximum atomic E-state index is 12.6. The van der Waals surface area contributed by atoms with Crippen molar-refractivity contribution in [3.63, 3.8) is 0 Å². The maximum absolute atomic E-state index is 12.6. The molecule has 7 heteroatoms. The number of para-hydroxylation sites is 2. The number of anilines is 1. The highest BCUT2D eigenvalue weighted by Crippen LogP contribution is 2.33. The minimum absolute atomic E-state index is 0.00652. The number of carbonyl (C=O) groups excluding carboxylic acids is 2. The molecule has 1 saturated heterocycles. The van der Waals surface area contributed by atoms with Crippen molar-refractivity contribution < 1.29 is 24.2 Å². The minimum Gasteiger partial charge on any atom is -0.492 e. The van der Waals surface area contributed by atoms with Gasteiger partial charge in [0.1, 0.15) is 5.75 Å². The summed E-state index contributed by atoms with van der Waals surface area (Å²) in [5.74, 6) is -1.04. The number of rotatable bonds is 6. The Hall–Kier alpha value is -2.57. The highest BCUT2D eigenvalue weighted by Gasteiger charge is 2.37. The number of ether oxygens (including phenoxy) is 1. The molecule has 2 amide bonds. The first kappa shape index (κ1) is 19.2. The van der Waals surface area contributed by atoms with Crippen LogP contribution in [-0.2, 0) is 14.4 Å². The molecule has 1 aliphatic carbocycles. The molecule has 2 N–H and O–H groups in total. The van der Waals surface area contributed by atoms with E-state index in [9.17, 15) is 14.4 Å². The topological polar surface area (TPSA) is 95.9 Å². The second-order valence-electron chi connectivity index (χ2n) is 7.20. The average molecular weight is 374 g/mol. The van der Waals surface area contributed by atoms with Gasteiger partial charge in [-0.25, -0.2) is 0 Å². The van der Waals surface area contributed by atoms with Crippen molar-refractivity contribution in [1.29, 1.82) is 0 Å². The maximum Gasteiger partial charge on any atom is 0.306 e. The second kappa shape index (κ2) is 8.41. The van der Waals surface area contributed by atoms with Crippen LogP contribution < -0.4 is 15.0 Å². The van der Waals surface area contributed by atoms with Crippen LogP contribution >= 0.6 is 0 Å². The third kappa shape index (κ3) is 4.40. The molecule has 1 unspecified atom stereocenters. The van der Waals surface area contributed by atoms with Crippen molar-refractivity contribution in [2.45, 2.75) is 45.1 Å². The van der Waals surface area contributed by atoms with E-state index in [4.69, 9.17) is 9.84 Å². The van der Waals surface area contributed by atoms with Crippen LogP contribution in [0.5, 0.6) is 5.75 Å². The second-order valence-corrected chi connectivity index (χ2v) is 7.20. The molecule has 7 nitrogen and oxygen atoms in total. The Morgan fingerprint density at radius 2 is 1.89 bits per heavy atom. The number of hydrogen-bond acceptors (Lipinski definition) is 4. The Balaban J connectivity index is 1.59. The fourth-order valence-corrected chi connectivity index (χ4v) is 3.88. The first-order chi connectivity index (χ1) is 13.0. The molecule has 1 aromatic carbocycles. The van der Waals surface area contributed by atoms with Crippen LogP contribution in [0.1, 0.15) is 39.0 Å². The Morgan fingerprint density at radius 1 is 1.19 bits per heavy atom. The third-order valence-electron chi connectivity index (χ3n) is 5.37. The van der Waals surface area contributed by atoms with E-state index in [1.807, 2.05) is 31.2 Å². The number of amides is 2. The van der Waals surface area contributed by atoms with Gasteiger partial charge in [0.15, 0.2) is 0 Å². The lowest BCUT2D eigenvalue weighted by Crippen LogP contribution is -2.42. The fraction of sp³-hybridized carbons (Fsp3) is 0.550. The lowest BCUT2D eigenvalue weighted by molar-refractivity contribution is -0.142. The van der Waals surface area contributed by atoms with Gasteiger partial charge in [-0.05, 0) is 44.7 Å². The quantitative estimate of drug-likeness (QED) is 0.796. The van der Waals surface area contributed by atoms with Gasteiger partial charge in [-0.15, -0.1) is 0 Å². The zero-order chi connectivity index (χ0) is 19.4. The Labute approximate surface area is 158 Å². The van der Waals surface area contributed by atoms with Crippen molar-refractivity contribution in [3.05, 3.63) is 24.3 Å². The van der Waals surface area contributed by atoms with Crippen molar-refractivity contribution in [3.8, 4) is 5.75 Å². The van der Waals surface area contributed by atoms with Crippen molar-refractivity contribution in [1.82, 2.24) is 5.32 Å². The van der Waals surface area contributed by atoms with E-state index in [0.717, 1.165) is 0 Å². The number of carboxylic acids is 1. The van der Waals surface area contributed by atoms with Crippen LogP contribution in [0.25, 0.3) is 0 Å². The normalized spacial score (nSPS) is 25.3. The SMILES string of the molecule is CCOc1ccccc1N1CC(C(=O)NC2CCC(C(=O)O)CC2)CC1=O.